The van der Waals surface area contributed by atoms with E-state index >= 15 is 0 Å². The highest BCUT2D eigenvalue weighted by Gasteiger charge is 2.41. The number of anilines is 1. The van der Waals surface area contributed by atoms with Crippen molar-refractivity contribution in [2.24, 2.45) is 0 Å². The van der Waals surface area contributed by atoms with E-state index in [1.165, 1.54) is 33.5 Å². The molecule has 114 valence electrons. The van der Waals surface area contributed by atoms with Crippen LogP contribution in [0.4, 0.5) is 5.69 Å². The zero-order valence-corrected chi connectivity index (χ0v) is 13.6. The second-order valence-corrected chi connectivity index (χ2v) is 6.54. The van der Waals surface area contributed by atoms with Gasteiger partial charge in [-0.3, -0.25) is 0 Å². The van der Waals surface area contributed by atoms with Crippen LogP contribution in [0.2, 0.25) is 0 Å². The summed E-state index contributed by atoms with van der Waals surface area (Å²) < 4.78 is 0. The minimum absolute atomic E-state index is 0.113. The lowest BCUT2D eigenvalue weighted by Crippen LogP contribution is -2.31. The molecule has 0 fully saturated rings. The number of fused-ring (bicyclic) bond motifs is 1. The minimum Gasteiger partial charge on any atom is -0.383 e. The fourth-order valence-corrected chi connectivity index (χ4v) is 3.69. The molecule has 1 aliphatic rings. The topological polar surface area (TPSA) is 12.0 Å². The molecule has 0 spiro atoms. The zero-order chi connectivity index (χ0) is 15.9. The molecule has 0 bridgehead atoms. The second-order valence-electron chi connectivity index (χ2n) is 6.54. The quantitative estimate of drug-likeness (QED) is 0.697. The summed E-state index contributed by atoms with van der Waals surface area (Å²) in [6, 6.07) is 26.6. The van der Waals surface area contributed by atoms with Crippen molar-refractivity contribution in [3.63, 3.8) is 0 Å². The fraction of sp³-hybridized carbons (Fsp3) is 0.182. The molecule has 0 saturated carbocycles. The van der Waals surface area contributed by atoms with Gasteiger partial charge in [0.1, 0.15) is 0 Å². The zero-order valence-electron chi connectivity index (χ0n) is 13.6. The monoisotopic (exact) mass is 299 g/mol. The molecule has 1 heteroatoms. The summed E-state index contributed by atoms with van der Waals surface area (Å²) in [5.41, 5.74) is 7.80. The molecule has 0 atom stereocenters. The highest BCUT2D eigenvalue weighted by Crippen LogP contribution is 2.46. The predicted molar refractivity (Wildman–Crippen MR) is 97.2 cm³/mol. The fourth-order valence-electron chi connectivity index (χ4n) is 3.69. The van der Waals surface area contributed by atoms with E-state index in [0.717, 1.165) is 6.54 Å². The standard InChI is InChI=1S/C22H21N/c1-16-7-11-18(12-8-16)22(19-13-9-17(2)10-14-19)15-23-21-6-4-3-5-20(21)22/h3-14,23H,15H2,1-2H3. The van der Waals surface area contributed by atoms with Gasteiger partial charge in [0.05, 0.1) is 5.41 Å². The first-order chi connectivity index (χ1) is 11.2. The largest absolute Gasteiger partial charge is 0.383 e. The molecule has 3 aromatic carbocycles. The van der Waals surface area contributed by atoms with E-state index < -0.39 is 0 Å². The highest BCUT2D eigenvalue weighted by atomic mass is 14.9. The number of nitrogens with one attached hydrogen (secondary N) is 1. The molecule has 0 aliphatic carbocycles. The number of para-hydroxylation sites is 1. The average Bonchev–Trinajstić information content (AvgIpc) is 2.97. The van der Waals surface area contributed by atoms with E-state index in [2.05, 4.69) is 92.0 Å². The molecule has 0 radical (unpaired) electrons. The molecule has 1 nitrogen and oxygen atoms in total. The lowest BCUT2D eigenvalue weighted by Gasteiger charge is -2.31. The van der Waals surface area contributed by atoms with E-state index in [9.17, 15) is 0 Å². The van der Waals surface area contributed by atoms with Crippen LogP contribution < -0.4 is 5.32 Å². The number of hydrogen-bond acceptors (Lipinski definition) is 1. The minimum atomic E-state index is -0.113. The van der Waals surface area contributed by atoms with Crippen molar-refractivity contribution in [1.29, 1.82) is 0 Å². The Morgan fingerprint density at radius 3 is 1.78 bits per heavy atom. The summed E-state index contributed by atoms with van der Waals surface area (Å²) in [5.74, 6) is 0. The van der Waals surface area contributed by atoms with E-state index in [0.29, 0.717) is 0 Å². The molecule has 0 saturated heterocycles. The van der Waals surface area contributed by atoms with Crippen molar-refractivity contribution in [3.8, 4) is 0 Å². The predicted octanol–water partition coefficient (Wildman–Crippen LogP) is 5.06. The summed E-state index contributed by atoms with van der Waals surface area (Å²) in [7, 11) is 0. The maximum atomic E-state index is 3.62. The Balaban J connectivity index is 1.99. The van der Waals surface area contributed by atoms with Crippen LogP contribution in [0, 0.1) is 13.8 Å². The molecule has 3 aromatic rings. The van der Waals surface area contributed by atoms with E-state index in [4.69, 9.17) is 0 Å². The van der Waals surface area contributed by atoms with Crippen molar-refractivity contribution >= 4 is 5.69 Å². The first-order valence-electron chi connectivity index (χ1n) is 8.18. The average molecular weight is 299 g/mol. The Labute approximate surface area is 138 Å². The normalized spacial score (nSPS) is 15.0. The number of aryl methyl sites for hydroxylation is 2. The molecule has 0 aromatic heterocycles. The number of rotatable bonds is 2. The third-order valence-electron chi connectivity index (χ3n) is 5.02. The van der Waals surface area contributed by atoms with Crippen LogP contribution in [0.25, 0.3) is 0 Å². The number of hydrogen-bond donors (Lipinski definition) is 1. The smallest absolute Gasteiger partial charge is 0.0643 e. The Morgan fingerprint density at radius 2 is 1.22 bits per heavy atom. The molecule has 0 amide bonds. The lowest BCUT2D eigenvalue weighted by atomic mass is 9.70. The molecule has 4 rings (SSSR count). The van der Waals surface area contributed by atoms with E-state index in [1.807, 2.05) is 0 Å². The van der Waals surface area contributed by atoms with Gasteiger partial charge < -0.3 is 5.32 Å². The van der Waals surface area contributed by atoms with Crippen molar-refractivity contribution in [2.45, 2.75) is 19.3 Å². The SMILES string of the molecule is Cc1ccc(C2(c3ccc(C)cc3)CNc3ccccc32)cc1. The van der Waals surface area contributed by atoms with Crippen molar-refractivity contribution in [1.82, 2.24) is 0 Å². The Kier molecular flexibility index (Phi) is 3.23. The van der Waals surface area contributed by atoms with Gasteiger partial charge >= 0.3 is 0 Å². The van der Waals surface area contributed by atoms with E-state index in [-0.39, 0.29) is 5.41 Å². The maximum Gasteiger partial charge on any atom is 0.0643 e. The second kappa shape index (κ2) is 5.27. The van der Waals surface area contributed by atoms with Crippen LogP contribution in [-0.2, 0) is 5.41 Å². The Hall–Kier alpha value is -2.54. The first-order valence-corrected chi connectivity index (χ1v) is 8.18. The van der Waals surface area contributed by atoms with Crippen LogP contribution in [0.15, 0.2) is 72.8 Å². The molecule has 1 N–H and O–H groups in total. The van der Waals surface area contributed by atoms with Gasteiger partial charge in [-0.05, 0) is 36.6 Å². The maximum absolute atomic E-state index is 3.62. The Morgan fingerprint density at radius 1 is 0.696 bits per heavy atom. The van der Waals surface area contributed by atoms with Crippen LogP contribution in [0.1, 0.15) is 27.8 Å². The van der Waals surface area contributed by atoms with Gasteiger partial charge in [-0.1, -0.05) is 77.9 Å². The molecule has 23 heavy (non-hydrogen) atoms. The van der Waals surface area contributed by atoms with Gasteiger partial charge in [0.15, 0.2) is 0 Å². The molecular weight excluding hydrogens is 278 g/mol. The van der Waals surface area contributed by atoms with Gasteiger partial charge in [-0.25, -0.2) is 0 Å². The Bertz CT molecular complexity index is 783. The molecular formula is C22H21N. The van der Waals surface area contributed by atoms with E-state index in [1.54, 1.807) is 0 Å². The van der Waals surface area contributed by atoms with Crippen molar-refractivity contribution in [3.05, 3.63) is 101 Å². The van der Waals surface area contributed by atoms with Gasteiger partial charge in [0.25, 0.3) is 0 Å². The van der Waals surface area contributed by atoms with Gasteiger partial charge in [-0.2, -0.15) is 0 Å². The number of benzene rings is 3. The van der Waals surface area contributed by atoms with Crippen LogP contribution >= 0.6 is 0 Å². The molecule has 0 unspecified atom stereocenters. The summed E-state index contributed by atoms with van der Waals surface area (Å²) in [5, 5.41) is 3.62. The summed E-state index contributed by atoms with van der Waals surface area (Å²) >= 11 is 0. The van der Waals surface area contributed by atoms with Gasteiger partial charge in [0.2, 0.25) is 0 Å². The third kappa shape index (κ3) is 2.16. The van der Waals surface area contributed by atoms with Crippen molar-refractivity contribution in [2.75, 3.05) is 11.9 Å². The van der Waals surface area contributed by atoms with Gasteiger partial charge in [-0.15, -0.1) is 0 Å². The van der Waals surface area contributed by atoms with Crippen LogP contribution in [-0.4, -0.2) is 6.54 Å². The summed E-state index contributed by atoms with van der Waals surface area (Å²) in [6.45, 7) is 5.19. The first kappa shape index (κ1) is 14.1. The van der Waals surface area contributed by atoms with Crippen molar-refractivity contribution < 1.29 is 0 Å². The lowest BCUT2D eigenvalue weighted by molar-refractivity contribution is 0.685. The molecule has 1 aliphatic heterocycles. The van der Waals surface area contributed by atoms with Gasteiger partial charge in [0, 0.05) is 12.2 Å². The van der Waals surface area contributed by atoms with Crippen LogP contribution in [0.3, 0.4) is 0 Å². The third-order valence-corrected chi connectivity index (χ3v) is 5.02. The highest BCUT2D eigenvalue weighted by molar-refractivity contribution is 5.68. The summed E-state index contributed by atoms with van der Waals surface area (Å²) in [6.07, 6.45) is 0. The molecule has 1 heterocycles. The van der Waals surface area contributed by atoms with Crippen LogP contribution in [0.5, 0.6) is 0 Å². The summed E-state index contributed by atoms with van der Waals surface area (Å²) in [4.78, 5) is 0.